The third-order valence-electron chi connectivity index (χ3n) is 7.50. The van der Waals surface area contributed by atoms with Gasteiger partial charge in [0.15, 0.2) is 5.75 Å². The summed E-state index contributed by atoms with van der Waals surface area (Å²) in [6, 6.07) is 28.7. The molecule has 1 aliphatic heterocycles. The summed E-state index contributed by atoms with van der Waals surface area (Å²) in [5, 5.41) is 0.506. The molecule has 224 valence electrons. The Kier molecular flexibility index (Phi) is 8.50. The van der Waals surface area contributed by atoms with Crippen LogP contribution < -0.4 is 9.46 Å². The standard InChI is InChI=1S/C34H29ClFN3O4S/c35-18-8-20-44(41,42)38-30-27-13-7-19-37-31(27)33(43-32(24-9-3-1-4-10-24)25-11-5-2-6-12-25)29-28(30)22-39(34(29)40)21-23-14-16-26(36)17-15-23/h1-7,9-17,19,32,38H,8,18,20-22H2. The summed E-state index contributed by atoms with van der Waals surface area (Å²) in [7, 11) is -3.80. The highest BCUT2D eigenvalue weighted by molar-refractivity contribution is 7.92. The monoisotopic (exact) mass is 629 g/mol. The minimum Gasteiger partial charge on any atom is -0.478 e. The van der Waals surface area contributed by atoms with Crippen molar-refractivity contribution in [2.24, 2.45) is 0 Å². The molecule has 5 aromatic rings. The lowest BCUT2D eigenvalue weighted by atomic mass is 9.99. The molecule has 10 heteroatoms. The lowest BCUT2D eigenvalue weighted by molar-refractivity contribution is 0.0762. The maximum Gasteiger partial charge on any atom is 0.258 e. The van der Waals surface area contributed by atoms with Crippen LogP contribution >= 0.6 is 11.6 Å². The molecule has 1 aliphatic rings. The number of amides is 1. The molecule has 7 nitrogen and oxygen atoms in total. The van der Waals surface area contributed by atoms with Crippen LogP contribution in [-0.2, 0) is 23.1 Å². The van der Waals surface area contributed by atoms with Gasteiger partial charge in [-0.15, -0.1) is 11.6 Å². The number of anilines is 1. The van der Waals surface area contributed by atoms with Crippen molar-refractivity contribution in [1.29, 1.82) is 0 Å². The molecule has 0 bridgehead atoms. The number of alkyl halides is 1. The number of fused-ring (bicyclic) bond motifs is 2. The summed E-state index contributed by atoms with van der Waals surface area (Å²) in [5.41, 5.74) is 3.85. The number of aromatic nitrogens is 1. The van der Waals surface area contributed by atoms with Crippen molar-refractivity contribution in [3.05, 3.63) is 137 Å². The van der Waals surface area contributed by atoms with Crippen LogP contribution in [0.5, 0.6) is 5.75 Å². The number of nitrogens with zero attached hydrogens (tertiary/aromatic N) is 2. The maximum absolute atomic E-state index is 14.2. The van der Waals surface area contributed by atoms with Crippen LogP contribution in [0.25, 0.3) is 10.9 Å². The average molecular weight is 630 g/mol. The van der Waals surface area contributed by atoms with Gasteiger partial charge >= 0.3 is 0 Å². The molecule has 0 unspecified atom stereocenters. The molecule has 0 atom stereocenters. The van der Waals surface area contributed by atoms with Gasteiger partial charge in [-0.05, 0) is 47.4 Å². The summed E-state index contributed by atoms with van der Waals surface area (Å²) in [5.74, 6) is -0.433. The van der Waals surface area contributed by atoms with Gasteiger partial charge in [0.1, 0.15) is 17.4 Å². The molecule has 1 aromatic heterocycles. The fourth-order valence-electron chi connectivity index (χ4n) is 5.46. The predicted octanol–water partition coefficient (Wildman–Crippen LogP) is 7.07. The summed E-state index contributed by atoms with van der Waals surface area (Å²) in [6.45, 7) is 0.303. The molecular weight excluding hydrogens is 601 g/mol. The molecule has 0 radical (unpaired) electrons. The first-order chi connectivity index (χ1) is 21.3. The van der Waals surface area contributed by atoms with E-state index in [2.05, 4.69) is 9.71 Å². The van der Waals surface area contributed by atoms with Gasteiger partial charge in [-0.3, -0.25) is 14.5 Å². The van der Waals surface area contributed by atoms with E-state index in [4.69, 9.17) is 16.3 Å². The Morgan fingerprint density at radius 3 is 2.23 bits per heavy atom. The highest BCUT2D eigenvalue weighted by atomic mass is 35.5. The largest absolute Gasteiger partial charge is 0.478 e. The van der Waals surface area contributed by atoms with Crippen molar-refractivity contribution in [3.8, 4) is 5.75 Å². The van der Waals surface area contributed by atoms with Gasteiger partial charge < -0.3 is 9.64 Å². The second kappa shape index (κ2) is 12.6. The molecule has 0 spiro atoms. The Morgan fingerprint density at radius 2 is 1.59 bits per heavy atom. The number of hydrogen-bond donors (Lipinski definition) is 1. The lowest BCUT2D eigenvalue weighted by Gasteiger charge is -2.24. The van der Waals surface area contributed by atoms with Crippen LogP contribution in [-0.4, -0.2) is 35.8 Å². The molecule has 0 saturated heterocycles. The van der Waals surface area contributed by atoms with Crippen molar-refractivity contribution in [2.75, 3.05) is 16.4 Å². The number of benzene rings is 4. The van der Waals surface area contributed by atoms with Gasteiger partial charge in [0.25, 0.3) is 5.91 Å². The van der Waals surface area contributed by atoms with E-state index in [1.165, 1.54) is 12.1 Å². The van der Waals surface area contributed by atoms with Gasteiger partial charge in [-0.1, -0.05) is 72.8 Å². The topological polar surface area (TPSA) is 88.6 Å². The molecule has 44 heavy (non-hydrogen) atoms. The van der Waals surface area contributed by atoms with E-state index >= 15 is 0 Å². The SMILES string of the molecule is O=C1c2c(c(NS(=O)(=O)CCCCl)c3cccnc3c2OC(c2ccccc2)c2ccccc2)CN1Cc1ccc(F)cc1. The summed E-state index contributed by atoms with van der Waals surface area (Å²) >= 11 is 5.80. The smallest absolute Gasteiger partial charge is 0.258 e. The minimum absolute atomic E-state index is 0.113. The van der Waals surface area contributed by atoms with E-state index in [9.17, 15) is 17.6 Å². The molecule has 4 aromatic carbocycles. The zero-order valence-electron chi connectivity index (χ0n) is 23.6. The van der Waals surface area contributed by atoms with Gasteiger partial charge in [0, 0.05) is 36.1 Å². The van der Waals surface area contributed by atoms with Crippen molar-refractivity contribution < 1.29 is 22.3 Å². The predicted molar refractivity (Wildman–Crippen MR) is 170 cm³/mol. The number of rotatable bonds is 11. The molecule has 0 saturated carbocycles. The molecule has 1 amide bonds. The molecule has 2 heterocycles. The number of carbonyl (C=O) groups excluding carboxylic acids is 1. The van der Waals surface area contributed by atoms with E-state index in [1.54, 1.807) is 35.4 Å². The first kappa shape index (κ1) is 29.6. The first-order valence-corrected chi connectivity index (χ1v) is 16.3. The Bertz CT molecular complexity index is 1870. The number of pyridine rings is 1. The summed E-state index contributed by atoms with van der Waals surface area (Å²) in [6.07, 6.45) is 1.27. The van der Waals surface area contributed by atoms with Crippen LogP contribution in [0.2, 0.25) is 0 Å². The number of nitrogens with one attached hydrogen (secondary N) is 1. The lowest BCUT2D eigenvalue weighted by Crippen LogP contribution is -2.23. The van der Waals surface area contributed by atoms with E-state index in [-0.39, 0.29) is 59.9 Å². The fraction of sp³-hybridized carbons (Fsp3) is 0.176. The number of ether oxygens (including phenoxy) is 1. The molecular formula is C34H29ClFN3O4S. The van der Waals surface area contributed by atoms with Crippen LogP contribution in [0.3, 0.4) is 0 Å². The highest BCUT2D eigenvalue weighted by Crippen LogP contribution is 2.45. The minimum atomic E-state index is -3.80. The number of hydrogen-bond acceptors (Lipinski definition) is 5. The Balaban J connectivity index is 1.53. The van der Waals surface area contributed by atoms with Crippen LogP contribution in [0, 0.1) is 5.82 Å². The number of halogens is 2. The quantitative estimate of drug-likeness (QED) is 0.158. The van der Waals surface area contributed by atoms with Crippen LogP contribution in [0.4, 0.5) is 10.1 Å². The van der Waals surface area contributed by atoms with E-state index in [0.717, 1.165) is 16.7 Å². The molecule has 0 aliphatic carbocycles. The second-order valence-corrected chi connectivity index (χ2v) is 12.7. The van der Waals surface area contributed by atoms with Gasteiger partial charge in [-0.25, -0.2) is 12.8 Å². The van der Waals surface area contributed by atoms with E-state index in [0.29, 0.717) is 16.5 Å². The van der Waals surface area contributed by atoms with Crippen LogP contribution in [0.15, 0.2) is 103 Å². The summed E-state index contributed by atoms with van der Waals surface area (Å²) < 4.78 is 49.5. The van der Waals surface area contributed by atoms with Crippen molar-refractivity contribution >= 4 is 44.1 Å². The summed E-state index contributed by atoms with van der Waals surface area (Å²) in [4.78, 5) is 20.4. The van der Waals surface area contributed by atoms with Crippen molar-refractivity contribution in [3.63, 3.8) is 0 Å². The Labute approximate surface area is 260 Å². The first-order valence-electron chi connectivity index (χ1n) is 14.1. The Hall–Kier alpha value is -4.47. The van der Waals surface area contributed by atoms with Gasteiger partial charge in [0.2, 0.25) is 10.0 Å². The molecule has 6 rings (SSSR count). The number of sulfonamides is 1. The maximum atomic E-state index is 14.2. The van der Waals surface area contributed by atoms with Crippen LogP contribution in [0.1, 0.15) is 45.1 Å². The Morgan fingerprint density at radius 1 is 0.932 bits per heavy atom. The number of carbonyl (C=O) groups is 1. The third-order valence-corrected chi connectivity index (χ3v) is 9.11. The van der Waals surface area contributed by atoms with Crippen molar-refractivity contribution in [2.45, 2.75) is 25.6 Å². The zero-order chi connectivity index (χ0) is 30.7. The van der Waals surface area contributed by atoms with Crippen molar-refractivity contribution in [1.82, 2.24) is 9.88 Å². The third kappa shape index (κ3) is 6.11. The normalized spacial score (nSPS) is 13.0. The van der Waals surface area contributed by atoms with Gasteiger partial charge in [-0.2, -0.15) is 0 Å². The van der Waals surface area contributed by atoms with Gasteiger partial charge in [0.05, 0.1) is 17.0 Å². The second-order valence-electron chi connectivity index (χ2n) is 10.5. The zero-order valence-corrected chi connectivity index (χ0v) is 25.2. The molecule has 0 fully saturated rings. The highest BCUT2D eigenvalue weighted by Gasteiger charge is 2.37. The van der Waals surface area contributed by atoms with E-state index in [1.807, 2.05) is 60.7 Å². The van der Waals surface area contributed by atoms with E-state index < -0.39 is 16.1 Å². The molecule has 1 N–H and O–H groups in total. The fourth-order valence-corrected chi connectivity index (χ4v) is 6.92. The average Bonchev–Trinajstić information content (AvgIpc) is 3.37.